The van der Waals surface area contributed by atoms with Gasteiger partial charge >= 0.3 is 0 Å². The molecule has 6 heteroatoms. The lowest BCUT2D eigenvalue weighted by Gasteiger charge is -2.13. The molecule has 0 bridgehead atoms. The fourth-order valence-electron chi connectivity index (χ4n) is 2.48. The molecule has 0 aliphatic heterocycles. The molecule has 1 N–H and O–H groups in total. The van der Waals surface area contributed by atoms with Crippen LogP contribution >= 0.6 is 34.2 Å². The monoisotopic (exact) mass is 466 g/mol. The number of hydrogen-bond acceptors (Lipinski definition) is 3. The zero-order valence-corrected chi connectivity index (χ0v) is 16.7. The van der Waals surface area contributed by atoms with Crippen LogP contribution in [0.3, 0.4) is 0 Å². The third kappa shape index (κ3) is 4.04. The van der Waals surface area contributed by atoms with Gasteiger partial charge in [-0.2, -0.15) is 0 Å². The van der Waals surface area contributed by atoms with Crippen molar-refractivity contribution in [1.29, 1.82) is 0 Å². The van der Waals surface area contributed by atoms with Gasteiger partial charge in [-0.1, -0.05) is 23.7 Å². The highest BCUT2D eigenvalue weighted by Crippen LogP contribution is 2.34. The Labute approximate surface area is 164 Å². The third-order valence-electron chi connectivity index (χ3n) is 3.77. The molecule has 0 atom stereocenters. The lowest BCUT2D eigenvalue weighted by Crippen LogP contribution is -2.21. The molecule has 0 saturated carbocycles. The summed E-state index contributed by atoms with van der Waals surface area (Å²) in [5.74, 6) is 0.347. The molecule has 3 aromatic rings. The first-order chi connectivity index (χ1) is 12.0. The molecule has 3 rings (SSSR count). The van der Waals surface area contributed by atoms with E-state index in [1.807, 2.05) is 50.2 Å². The van der Waals surface area contributed by atoms with Crippen molar-refractivity contribution < 1.29 is 9.53 Å². The summed E-state index contributed by atoms with van der Waals surface area (Å²) in [6, 6.07) is 11.4. The summed E-state index contributed by atoms with van der Waals surface area (Å²) >= 11 is 8.39. The molecule has 0 radical (unpaired) electrons. The second-order valence-corrected chi connectivity index (χ2v) is 7.29. The Morgan fingerprint density at radius 2 is 2.08 bits per heavy atom. The van der Waals surface area contributed by atoms with Crippen LogP contribution < -0.4 is 10.1 Å². The van der Waals surface area contributed by atoms with Crippen LogP contribution in [-0.2, 0) is 4.79 Å². The van der Waals surface area contributed by atoms with E-state index in [0.29, 0.717) is 16.3 Å². The molecule has 0 aliphatic carbocycles. The Hall–Kier alpha value is -1.86. The van der Waals surface area contributed by atoms with Crippen LogP contribution in [0.1, 0.15) is 11.1 Å². The second kappa shape index (κ2) is 7.58. The number of fused-ring (bicyclic) bond motifs is 1. The van der Waals surface area contributed by atoms with E-state index in [0.717, 1.165) is 25.8 Å². The first kappa shape index (κ1) is 17.9. The number of carbonyl (C=O) groups excluding carboxylic acids is 1. The fraction of sp³-hybridized carbons (Fsp3) is 0.158. The van der Waals surface area contributed by atoms with Gasteiger partial charge in [-0.25, -0.2) is 0 Å². The van der Waals surface area contributed by atoms with Crippen molar-refractivity contribution in [2.24, 2.45) is 0 Å². The van der Waals surface area contributed by atoms with E-state index >= 15 is 0 Å². The minimum atomic E-state index is -0.219. The van der Waals surface area contributed by atoms with Crippen molar-refractivity contribution >= 4 is 56.7 Å². The Morgan fingerprint density at radius 3 is 2.88 bits per heavy atom. The van der Waals surface area contributed by atoms with E-state index in [1.165, 1.54) is 0 Å². The first-order valence-corrected chi connectivity index (χ1v) is 9.14. The highest BCUT2D eigenvalue weighted by molar-refractivity contribution is 14.1. The number of halogens is 2. The Balaban J connectivity index is 1.79. The summed E-state index contributed by atoms with van der Waals surface area (Å²) in [4.78, 5) is 16.6. The Bertz CT molecular complexity index is 960. The zero-order chi connectivity index (χ0) is 18.0. The van der Waals surface area contributed by atoms with Gasteiger partial charge in [-0.3, -0.25) is 9.78 Å². The predicted octanol–water partition coefficient (Wildman–Crippen LogP) is 5.13. The second-order valence-electron chi connectivity index (χ2n) is 5.72. The topological polar surface area (TPSA) is 51.2 Å². The number of anilines is 1. The van der Waals surface area contributed by atoms with Crippen molar-refractivity contribution in [2.75, 3.05) is 11.9 Å². The number of amides is 1. The van der Waals surface area contributed by atoms with Gasteiger partial charge in [0.2, 0.25) is 0 Å². The highest BCUT2D eigenvalue weighted by Gasteiger charge is 2.14. The molecule has 0 fully saturated rings. The van der Waals surface area contributed by atoms with E-state index in [-0.39, 0.29) is 12.5 Å². The average molecular weight is 467 g/mol. The number of aryl methyl sites for hydroxylation is 2. The minimum Gasteiger partial charge on any atom is -0.480 e. The van der Waals surface area contributed by atoms with Gasteiger partial charge in [-0.15, -0.1) is 0 Å². The zero-order valence-electron chi connectivity index (χ0n) is 13.8. The standard InChI is InChI=1S/C19H16ClIN2O2/c1-11-5-6-12(2)16(8-11)23-17(24)10-25-19-15(21)9-14(20)13-4-3-7-22-18(13)19/h3-9H,10H2,1-2H3,(H,23,24). The fourth-order valence-corrected chi connectivity index (χ4v) is 3.65. The van der Waals surface area contributed by atoms with E-state index in [9.17, 15) is 4.79 Å². The average Bonchev–Trinajstić information content (AvgIpc) is 2.58. The minimum absolute atomic E-state index is 0.101. The molecular formula is C19H16ClIN2O2. The molecule has 1 aromatic heterocycles. The summed E-state index contributed by atoms with van der Waals surface area (Å²) in [6.45, 7) is 3.84. The van der Waals surface area contributed by atoms with Crippen LogP contribution in [0.15, 0.2) is 42.6 Å². The van der Waals surface area contributed by atoms with Crippen LogP contribution in [0.25, 0.3) is 10.9 Å². The maximum Gasteiger partial charge on any atom is 0.262 e. The highest BCUT2D eigenvalue weighted by atomic mass is 127. The van der Waals surface area contributed by atoms with Crippen molar-refractivity contribution in [2.45, 2.75) is 13.8 Å². The summed E-state index contributed by atoms with van der Waals surface area (Å²) in [5.41, 5.74) is 3.54. The van der Waals surface area contributed by atoms with E-state index in [2.05, 4.69) is 32.9 Å². The van der Waals surface area contributed by atoms with Gasteiger partial charge in [0, 0.05) is 17.3 Å². The number of hydrogen-bond donors (Lipinski definition) is 1. The third-order valence-corrected chi connectivity index (χ3v) is 4.88. The van der Waals surface area contributed by atoms with Crippen LogP contribution in [0.4, 0.5) is 5.69 Å². The summed E-state index contributed by atoms with van der Waals surface area (Å²) in [5, 5.41) is 4.30. The molecule has 25 heavy (non-hydrogen) atoms. The van der Waals surface area contributed by atoms with Gasteiger partial charge in [0.05, 0.1) is 8.59 Å². The van der Waals surface area contributed by atoms with Crippen molar-refractivity contribution in [1.82, 2.24) is 4.98 Å². The van der Waals surface area contributed by atoms with E-state index in [4.69, 9.17) is 16.3 Å². The van der Waals surface area contributed by atoms with E-state index in [1.54, 1.807) is 6.20 Å². The van der Waals surface area contributed by atoms with Gasteiger partial charge in [0.15, 0.2) is 12.4 Å². The molecule has 0 spiro atoms. The Morgan fingerprint density at radius 1 is 1.28 bits per heavy atom. The Kier molecular flexibility index (Phi) is 5.44. The van der Waals surface area contributed by atoms with E-state index < -0.39 is 0 Å². The lowest BCUT2D eigenvalue weighted by atomic mass is 10.1. The number of aromatic nitrogens is 1. The first-order valence-electron chi connectivity index (χ1n) is 7.68. The van der Waals surface area contributed by atoms with Crippen molar-refractivity contribution in [3.8, 4) is 5.75 Å². The summed E-state index contributed by atoms with van der Waals surface area (Å²) < 4.78 is 6.58. The molecule has 1 heterocycles. The largest absolute Gasteiger partial charge is 0.480 e. The molecule has 0 aliphatic rings. The van der Waals surface area contributed by atoms with Crippen LogP contribution in [0, 0.1) is 17.4 Å². The quantitative estimate of drug-likeness (QED) is 0.543. The lowest BCUT2D eigenvalue weighted by molar-refractivity contribution is -0.118. The maximum absolute atomic E-state index is 12.3. The molecule has 128 valence electrons. The SMILES string of the molecule is Cc1ccc(C)c(NC(=O)COc2c(I)cc(Cl)c3cccnc23)c1. The molecule has 0 unspecified atom stereocenters. The maximum atomic E-state index is 12.3. The number of carbonyl (C=O) groups is 1. The number of pyridine rings is 1. The summed E-state index contributed by atoms with van der Waals surface area (Å²) in [6.07, 6.45) is 1.68. The smallest absolute Gasteiger partial charge is 0.262 e. The van der Waals surface area contributed by atoms with Gasteiger partial charge in [0.1, 0.15) is 5.52 Å². The number of nitrogens with zero attached hydrogens (tertiary/aromatic N) is 1. The van der Waals surface area contributed by atoms with Gasteiger partial charge in [0.25, 0.3) is 5.91 Å². The number of benzene rings is 2. The number of ether oxygens (including phenoxy) is 1. The normalized spacial score (nSPS) is 10.7. The predicted molar refractivity (Wildman–Crippen MR) is 110 cm³/mol. The molecule has 4 nitrogen and oxygen atoms in total. The van der Waals surface area contributed by atoms with Crippen molar-refractivity contribution in [3.05, 3.63) is 62.3 Å². The summed E-state index contributed by atoms with van der Waals surface area (Å²) in [7, 11) is 0. The number of rotatable bonds is 4. The van der Waals surface area contributed by atoms with Crippen molar-refractivity contribution in [3.63, 3.8) is 0 Å². The molecular weight excluding hydrogens is 451 g/mol. The van der Waals surface area contributed by atoms with Crippen LogP contribution in [0.2, 0.25) is 5.02 Å². The van der Waals surface area contributed by atoms with Gasteiger partial charge in [-0.05, 0) is 71.8 Å². The van der Waals surface area contributed by atoms with Crippen LogP contribution in [-0.4, -0.2) is 17.5 Å². The van der Waals surface area contributed by atoms with Crippen LogP contribution in [0.5, 0.6) is 5.75 Å². The number of nitrogens with one attached hydrogen (secondary N) is 1. The molecule has 1 amide bonds. The van der Waals surface area contributed by atoms with Gasteiger partial charge < -0.3 is 10.1 Å². The molecule has 0 saturated heterocycles. The molecule has 2 aromatic carbocycles.